The highest BCUT2D eigenvalue weighted by atomic mass is 32.2. The van der Waals surface area contributed by atoms with Gasteiger partial charge in [0.2, 0.25) is 15.9 Å². The van der Waals surface area contributed by atoms with E-state index in [1.165, 1.54) is 19.2 Å². The van der Waals surface area contributed by atoms with Crippen LogP contribution in [0.15, 0.2) is 51.8 Å². The molecule has 0 spiro atoms. The van der Waals surface area contributed by atoms with Gasteiger partial charge in [-0.2, -0.15) is 0 Å². The lowest BCUT2D eigenvalue weighted by molar-refractivity contribution is 0.411. The van der Waals surface area contributed by atoms with Gasteiger partial charge in [-0.25, -0.2) is 13.1 Å². The number of para-hydroxylation sites is 1. The number of sulfonamides is 1. The summed E-state index contributed by atoms with van der Waals surface area (Å²) in [5.41, 5.74) is 1.35. The Morgan fingerprint density at radius 1 is 1.04 bits per heavy atom. The predicted octanol–water partition coefficient (Wildman–Crippen LogP) is 2.54. The van der Waals surface area contributed by atoms with Crippen LogP contribution in [-0.4, -0.2) is 32.8 Å². The van der Waals surface area contributed by atoms with Gasteiger partial charge in [-0.15, -0.1) is 10.2 Å². The summed E-state index contributed by atoms with van der Waals surface area (Å²) in [4.78, 5) is 0.130. The number of nitrogens with zero attached hydrogens (tertiary/aromatic N) is 2. The standard InChI is InChI=1S/C18H19N3O5S/c1-12-10-13(8-9-15(12)24-2)27(22,23)19-11-17-20-21-18(26-17)14-6-4-5-7-16(14)25-3/h4-10,19H,11H2,1-3H3. The third-order valence-electron chi connectivity index (χ3n) is 3.89. The molecule has 0 unspecified atom stereocenters. The molecule has 3 aromatic rings. The van der Waals surface area contributed by atoms with Gasteiger partial charge in [0, 0.05) is 0 Å². The van der Waals surface area contributed by atoms with Gasteiger partial charge >= 0.3 is 0 Å². The third kappa shape index (κ3) is 4.09. The molecule has 0 saturated heterocycles. The Balaban J connectivity index is 1.75. The van der Waals surface area contributed by atoms with E-state index in [-0.39, 0.29) is 23.2 Å². The number of nitrogens with one attached hydrogen (secondary N) is 1. The van der Waals surface area contributed by atoms with Crippen molar-refractivity contribution in [2.45, 2.75) is 18.4 Å². The summed E-state index contributed by atoms with van der Waals surface area (Å²) in [7, 11) is -0.658. The minimum Gasteiger partial charge on any atom is -0.496 e. The van der Waals surface area contributed by atoms with Gasteiger partial charge in [0.25, 0.3) is 5.89 Å². The highest BCUT2D eigenvalue weighted by molar-refractivity contribution is 7.89. The Morgan fingerprint density at radius 2 is 1.78 bits per heavy atom. The van der Waals surface area contributed by atoms with E-state index in [1.54, 1.807) is 32.2 Å². The van der Waals surface area contributed by atoms with Crippen molar-refractivity contribution in [3.05, 3.63) is 53.9 Å². The van der Waals surface area contributed by atoms with Crippen LogP contribution in [0.5, 0.6) is 11.5 Å². The first-order chi connectivity index (χ1) is 12.9. The quantitative estimate of drug-likeness (QED) is 0.662. The maximum atomic E-state index is 12.5. The van der Waals surface area contributed by atoms with Gasteiger partial charge in [0.05, 0.1) is 31.2 Å². The van der Waals surface area contributed by atoms with Crippen LogP contribution in [0.4, 0.5) is 0 Å². The van der Waals surface area contributed by atoms with Crippen molar-refractivity contribution >= 4 is 10.0 Å². The Labute approximate surface area is 157 Å². The summed E-state index contributed by atoms with van der Waals surface area (Å²) in [6.07, 6.45) is 0. The van der Waals surface area contributed by atoms with Gasteiger partial charge in [0.15, 0.2) is 0 Å². The highest BCUT2D eigenvalue weighted by Gasteiger charge is 2.18. The molecule has 0 saturated carbocycles. The number of benzene rings is 2. The average molecular weight is 389 g/mol. The van der Waals surface area contributed by atoms with Crippen LogP contribution >= 0.6 is 0 Å². The van der Waals surface area contributed by atoms with E-state index in [1.807, 2.05) is 12.1 Å². The number of aromatic nitrogens is 2. The van der Waals surface area contributed by atoms with E-state index in [2.05, 4.69) is 14.9 Å². The number of rotatable bonds is 7. The summed E-state index contributed by atoms with van der Waals surface area (Å²) in [5, 5.41) is 7.85. The van der Waals surface area contributed by atoms with Gasteiger partial charge < -0.3 is 13.9 Å². The summed E-state index contributed by atoms with van der Waals surface area (Å²) in [6.45, 7) is 1.64. The molecular formula is C18H19N3O5S. The smallest absolute Gasteiger partial charge is 0.251 e. The lowest BCUT2D eigenvalue weighted by Gasteiger charge is -2.08. The first-order valence-electron chi connectivity index (χ1n) is 8.04. The fourth-order valence-corrected chi connectivity index (χ4v) is 3.57. The topological polar surface area (TPSA) is 104 Å². The molecule has 0 atom stereocenters. The molecule has 0 bridgehead atoms. The maximum Gasteiger partial charge on any atom is 0.251 e. The zero-order valence-corrected chi connectivity index (χ0v) is 15.9. The summed E-state index contributed by atoms with van der Waals surface area (Å²) < 4.78 is 43.4. The molecule has 0 fully saturated rings. The molecule has 1 heterocycles. The first-order valence-corrected chi connectivity index (χ1v) is 9.53. The Morgan fingerprint density at radius 3 is 2.48 bits per heavy atom. The number of hydrogen-bond acceptors (Lipinski definition) is 7. The molecular weight excluding hydrogens is 370 g/mol. The van der Waals surface area contributed by atoms with Crippen molar-refractivity contribution in [3.63, 3.8) is 0 Å². The summed E-state index contributed by atoms with van der Waals surface area (Å²) >= 11 is 0. The minimum absolute atomic E-state index is 0.129. The van der Waals surface area contributed by atoms with E-state index in [9.17, 15) is 8.42 Å². The number of hydrogen-bond donors (Lipinski definition) is 1. The molecule has 8 nitrogen and oxygen atoms in total. The van der Waals surface area contributed by atoms with Gasteiger partial charge in [-0.3, -0.25) is 0 Å². The van der Waals surface area contributed by atoms with E-state index >= 15 is 0 Å². The van der Waals surface area contributed by atoms with Crippen LogP contribution in [0.2, 0.25) is 0 Å². The molecule has 142 valence electrons. The maximum absolute atomic E-state index is 12.5. The van der Waals surface area contributed by atoms with Crippen molar-refractivity contribution in [2.24, 2.45) is 0 Å². The molecule has 0 aliphatic carbocycles. The zero-order valence-electron chi connectivity index (χ0n) is 15.1. The van der Waals surface area contributed by atoms with Gasteiger partial charge in [-0.05, 0) is 42.8 Å². The highest BCUT2D eigenvalue weighted by Crippen LogP contribution is 2.28. The van der Waals surface area contributed by atoms with Crippen LogP contribution in [0, 0.1) is 6.92 Å². The average Bonchev–Trinajstić information content (AvgIpc) is 3.15. The van der Waals surface area contributed by atoms with Crippen molar-refractivity contribution in [1.82, 2.24) is 14.9 Å². The molecule has 0 radical (unpaired) electrons. The van der Waals surface area contributed by atoms with Crippen LogP contribution < -0.4 is 14.2 Å². The Hall–Kier alpha value is -2.91. The third-order valence-corrected chi connectivity index (χ3v) is 5.29. The molecule has 27 heavy (non-hydrogen) atoms. The molecule has 0 aliphatic heterocycles. The Kier molecular flexibility index (Phi) is 5.43. The van der Waals surface area contributed by atoms with Crippen LogP contribution in [0.1, 0.15) is 11.5 Å². The minimum atomic E-state index is -3.73. The van der Waals surface area contributed by atoms with Crippen LogP contribution in [0.25, 0.3) is 11.5 Å². The van der Waals surface area contributed by atoms with Crippen LogP contribution in [-0.2, 0) is 16.6 Å². The normalized spacial score (nSPS) is 11.4. The van der Waals surface area contributed by atoms with Crippen molar-refractivity contribution < 1.29 is 22.3 Å². The second-order valence-electron chi connectivity index (χ2n) is 5.66. The molecule has 9 heteroatoms. The first kappa shape index (κ1) is 18.9. The second-order valence-corrected chi connectivity index (χ2v) is 7.42. The monoisotopic (exact) mass is 389 g/mol. The van der Waals surface area contributed by atoms with Crippen LogP contribution in [0.3, 0.4) is 0 Å². The second kappa shape index (κ2) is 7.77. The van der Waals surface area contributed by atoms with E-state index < -0.39 is 10.0 Å². The van der Waals surface area contributed by atoms with Gasteiger partial charge in [-0.1, -0.05) is 12.1 Å². The molecule has 1 N–H and O–H groups in total. The van der Waals surface area contributed by atoms with Gasteiger partial charge in [0.1, 0.15) is 11.5 Å². The fraction of sp³-hybridized carbons (Fsp3) is 0.222. The van der Waals surface area contributed by atoms with Crippen molar-refractivity contribution in [3.8, 4) is 23.0 Å². The molecule has 0 amide bonds. The Bertz CT molecular complexity index is 1050. The summed E-state index contributed by atoms with van der Waals surface area (Å²) in [5.74, 6) is 1.60. The fourth-order valence-electron chi connectivity index (χ4n) is 2.51. The van der Waals surface area contributed by atoms with E-state index in [4.69, 9.17) is 13.9 Å². The summed E-state index contributed by atoms with van der Waals surface area (Å²) in [6, 6.07) is 11.8. The van der Waals surface area contributed by atoms with Crippen molar-refractivity contribution in [1.29, 1.82) is 0 Å². The largest absolute Gasteiger partial charge is 0.496 e. The number of aryl methyl sites for hydroxylation is 1. The number of ether oxygens (including phenoxy) is 2. The molecule has 2 aromatic carbocycles. The lowest BCUT2D eigenvalue weighted by atomic mass is 10.2. The SMILES string of the molecule is COc1ccc(S(=O)(=O)NCc2nnc(-c3ccccc3OC)o2)cc1C. The lowest BCUT2D eigenvalue weighted by Crippen LogP contribution is -2.23. The zero-order chi connectivity index (χ0) is 19.4. The van der Waals surface area contributed by atoms with E-state index in [0.29, 0.717) is 17.1 Å². The number of methoxy groups -OCH3 is 2. The predicted molar refractivity (Wildman–Crippen MR) is 98.0 cm³/mol. The molecule has 0 aliphatic rings. The molecule has 3 rings (SSSR count). The van der Waals surface area contributed by atoms with Crippen molar-refractivity contribution in [2.75, 3.05) is 14.2 Å². The van der Waals surface area contributed by atoms with E-state index in [0.717, 1.165) is 5.56 Å². The molecule has 1 aromatic heterocycles.